The van der Waals surface area contributed by atoms with Gasteiger partial charge in [0.25, 0.3) is 0 Å². The van der Waals surface area contributed by atoms with Crippen molar-refractivity contribution >= 4 is 0 Å². The summed E-state index contributed by atoms with van der Waals surface area (Å²) in [6.45, 7) is 5.62. The molecule has 1 saturated heterocycles. The normalized spacial score (nSPS) is 30.7. The molecule has 2 unspecified atom stereocenters. The Balaban J connectivity index is 2.39. The van der Waals surface area contributed by atoms with Crippen molar-refractivity contribution in [2.24, 2.45) is 5.92 Å². The Morgan fingerprint density at radius 2 is 2.23 bits per heavy atom. The van der Waals surface area contributed by atoms with Crippen LogP contribution >= 0.6 is 0 Å². The highest BCUT2D eigenvalue weighted by Gasteiger charge is 2.24. The highest BCUT2D eigenvalue weighted by molar-refractivity contribution is 4.81. The average molecular weight is 186 g/mol. The number of likely N-dealkylation sites (tertiary alicyclic amines) is 1. The largest absolute Gasteiger partial charge is 0.395 e. The van der Waals surface area contributed by atoms with Gasteiger partial charge in [-0.2, -0.15) is 0 Å². The van der Waals surface area contributed by atoms with E-state index in [1.807, 2.05) is 7.05 Å². The van der Waals surface area contributed by atoms with Gasteiger partial charge in [-0.15, -0.1) is 0 Å². The van der Waals surface area contributed by atoms with Crippen LogP contribution in [0.5, 0.6) is 0 Å². The fourth-order valence-electron chi connectivity index (χ4n) is 2.13. The summed E-state index contributed by atoms with van der Waals surface area (Å²) in [5.74, 6) is 0.803. The van der Waals surface area contributed by atoms with Crippen molar-refractivity contribution in [3.63, 3.8) is 0 Å². The van der Waals surface area contributed by atoms with Crippen LogP contribution in [0.3, 0.4) is 0 Å². The molecule has 0 spiro atoms. The molecular formula is C10H22N2O. The molecule has 1 aliphatic heterocycles. The lowest BCUT2D eigenvalue weighted by Gasteiger charge is -2.37. The van der Waals surface area contributed by atoms with Gasteiger partial charge in [-0.1, -0.05) is 13.3 Å². The summed E-state index contributed by atoms with van der Waals surface area (Å²) in [6.07, 6.45) is 2.54. The molecule has 0 saturated carbocycles. The summed E-state index contributed by atoms with van der Waals surface area (Å²) >= 11 is 0. The quantitative estimate of drug-likeness (QED) is 0.663. The number of piperidine rings is 1. The fraction of sp³-hybridized carbons (Fsp3) is 1.00. The molecule has 1 fully saturated rings. The first-order valence-corrected chi connectivity index (χ1v) is 5.30. The van der Waals surface area contributed by atoms with Crippen LogP contribution in [0, 0.1) is 5.92 Å². The zero-order valence-corrected chi connectivity index (χ0v) is 8.79. The van der Waals surface area contributed by atoms with Crippen molar-refractivity contribution in [3.05, 3.63) is 0 Å². The molecule has 13 heavy (non-hydrogen) atoms. The predicted octanol–water partition coefficient (Wildman–Crippen LogP) is 0.299. The smallest absolute Gasteiger partial charge is 0.0558 e. The molecule has 2 atom stereocenters. The minimum Gasteiger partial charge on any atom is -0.395 e. The Bertz CT molecular complexity index is 129. The zero-order valence-electron chi connectivity index (χ0n) is 8.79. The first kappa shape index (κ1) is 11.0. The Morgan fingerprint density at radius 1 is 1.46 bits per heavy atom. The van der Waals surface area contributed by atoms with Crippen LogP contribution in [0.25, 0.3) is 0 Å². The van der Waals surface area contributed by atoms with Crippen molar-refractivity contribution in [2.75, 3.05) is 33.3 Å². The zero-order chi connectivity index (χ0) is 9.68. The minimum atomic E-state index is 0.285. The maximum atomic E-state index is 8.87. The molecule has 0 radical (unpaired) electrons. The van der Waals surface area contributed by atoms with Crippen molar-refractivity contribution in [3.8, 4) is 0 Å². The summed E-state index contributed by atoms with van der Waals surface area (Å²) in [6, 6.07) is 0.616. The standard InChI is InChI=1S/C10H22N2O/c1-3-9-6-10(11-2)8-12(7-9)4-5-13/h9-11,13H,3-8H2,1-2H3. The number of β-amino-alcohol motifs (C(OH)–C–C–N with tert-alkyl or cyclic N) is 1. The van der Waals surface area contributed by atoms with Gasteiger partial charge < -0.3 is 10.4 Å². The van der Waals surface area contributed by atoms with Crippen molar-refractivity contribution in [2.45, 2.75) is 25.8 Å². The van der Waals surface area contributed by atoms with Crippen LogP contribution in [0.1, 0.15) is 19.8 Å². The lowest BCUT2D eigenvalue weighted by Crippen LogP contribution is -2.48. The van der Waals surface area contributed by atoms with Gasteiger partial charge in [-0.25, -0.2) is 0 Å². The van der Waals surface area contributed by atoms with E-state index in [9.17, 15) is 0 Å². The third kappa shape index (κ3) is 3.25. The molecule has 0 aromatic rings. The Hall–Kier alpha value is -0.120. The summed E-state index contributed by atoms with van der Waals surface area (Å²) in [5.41, 5.74) is 0. The first-order valence-electron chi connectivity index (χ1n) is 5.30. The van der Waals surface area contributed by atoms with Crippen LogP contribution in [-0.4, -0.2) is 49.3 Å². The van der Waals surface area contributed by atoms with Gasteiger partial charge >= 0.3 is 0 Å². The molecule has 2 N–H and O–H groups in total. The molecule has 0 aliphatic carbocycles. The monoisotopic (exact) mass is 186 g/mol. The molecule has 0 aromatic carbocycles. The van der Waals surface area contributed by atoms with Gasteiger partial charge in [0.1, 0.15) is 0 Å². The first-order chi connectivity index (χ1) is 6.30. The molecular weight excluding hydrogens is 164 g/mol. The van der Waals surface area contributed by atoms with E-state index in [1.54, 1.807) is 0 Å². The summed E-state index contributed by atoms with van der Waals surface area (Å²) in [4.78, 5) is 2.36. The summed E-state index contributed by atoms with van der Waals surface area (Å²) in [7, 11) is 2.03. The summed E-state index contributed by atoms with van der Waals surface area (Å²) in [5, 5.41) is 12.2. The Kier molecular flexibility index (Phi) is 4.70. The minimum absolute atomic E-state index is 0.285. The van der Waals surface area contributed by atoms with Gasteiger partial charge in [0.05, 0.1) is 6.61 Å². The third-order valence-corrected chi connectivity index (χ3v) is 3.01. The van der Waals surface area contributed by atoms with E-state index in [2.05, 4.69) is 17.1 Å². The van der Waals surface area contributed by atoms with Crippen molar-refractivity contribution in [1.29, 1.82) is 0 Å². The maximum Gasteiger partial charge on any atom is 0.0558 e. The molecule has 1 rings (SSSR count). The highest BCUT2D eigenvalue weighted by atomic mass is 16.3. The number of hydrogen-bond acceptors (Lipinski definition) is 3. The van der Waals surface area contributed by atoms with E-state index in [-0.39, 0.29) is 6.61 Å². The van der Waals surface area contributed by atoms with Crippen LogP contribution in [0.4, 0.5) is 0 Å². The van der Waals surface area contributed by atoms with E-state index in [1.165, 1.54) is 12.8 Å². The Morgan fingerprint density at radius 3 is 2.77 bits per heavy atom. The summed E-state index contributed by atoms with van der Waals surface area (Å²) < 4.78 is 0. The number of likely N-dealkylation sites (N-methyl/N-ethyl adjacent to an activating group) is 1. The van der Waals surface area contributed by atoms with E-state index < -0.39 is 0 Å². The predicted molar refractivity (Wildman–Crippen MR) is 54.8 cm³/mol. The SMILES string of the molecule is CCC1CC(NC)CN(CCO)C1. The van der Waals surface area contributed by atoms with Gasteiger partial charge in [-0.05, 0) is 19.4 Å². The number of rotatable bonds is 4. The second-order valence-corrected chi connectivity index (χ2v) is 3.98. The second-order valence-electron chi connectivity index (χ2n) is 3.98. The lowest BCUT2D eigenvalue weighted by molar-refractivity contribution is 0.117. The van der Waals surface area contributed by atoms with E-state index in [4.69, 9.17) is 5.11 Å². The van der Waals surface area contributed by atoms with Crippen LogP contribution < -0.4 is 5.32 Å². The van der Waals surface area contributed by atoms with Crippen molar-refractivity contribution in [1.82, 2.24) is 10.2 Å². The fourth-order valence-corrected chi connectivity index (χ4v) is 2.13. The molecule has 3 heteroatoms. The van der Waals surface area contributed by atoms with E-state index >= 15 is 0 Å². The van der Waals surface area contributed by atoms with Gasteiger partial charge in [0, 0.05) is 25.7 Å². The second kappa shape index (κ2) is 5.58. The topological polar surface area (TPSA) is 35.5 Å². The van der Waals surface area contributed by atoms with E-state index in [0.29, 0.717) is 6.04 Å². The molecule has 1 aliphatic rings. The lowest BCUT2D eigenvalue weighted by atomic mass is 9.92. The molecule has 3 nitrogen and oxygen atoms in total. The van der Waals surface area contributed by atoms with Gasteiger partial charge in [-0.3, -0.25) is 4.90 Å². The number of aliphatic hydroxyl groups excluding tert-OH is 1. The van der Waals surface area contributed by atoms with Crippen LogP contribution in [0.2, 0.25) is 0 Å². The highest BCUT2D eigenvalue weighted by Crippen LogP contribution is 2.18. The van der Waals surface area contributed by atoms with E-state index in [0.717, 1.165) is 25.6 Å². The number of nitrogens with zero attached hydrogens (tertiary/aromatic N) is 1. The van der Waals surface area contributed by atoms with Gasteiger partial charge in [0.15, 0.2) is 0 Å². The molecule has 0 amide bonds. The van der Waals surface area contributed by atoms with Crippen molar-refractivity contribution < 1.29 is 5.11 Å². The Labute approximate surface area is 81.1 Å². The number of aliphatic hydroxyl groups is 1. The van der Waals surface area contributed by atoms with Crippen LogP contribution in [-0.2, 0) is 0 Å². The van der Waals surface area contributed by atoms with Crippen LogP contribution in [0.15, 0.2) is 0 Å². The molecule has 0 bridgehead atoms. The third-order valence-electron chi connectivity index (χ3n) is 3.01. The average Bonchev–Trinajstić information content (AvgIpc) is 2.17. The molecule has 1 heterocycles. The molecule has 0 aromatic heterocycles. The number of hydrogen-bond donors (Lipinski definition) is 2. The van der Waals surface area contributed by atoms with Gasteiger partial charge in [0.2, 0.25) is 0 Å². The maximum absolute atomic E-state index is 8.87. The number of nitrogens with one attached hydrogen (secondary N) is 1. The molecule has 78 valence electrons.